The van der Waals surface area contributed by atoms with Crippen LogP contribution in [0.15, 0.2) is 40.0 Å². The molecule has 1 N–H and O–H groups in total. The Morgan fingerprint density at radius 3 is 2.50 bits per heavy atom. The van der Waals surface area contributed by atoms with E-state index in [2.05, 4.69) is 20.1 Å². The quantitative estimate of drug-likeness (QED) is 0.326. The number of imidazole rings is 1. The maximum atomic E-state index is 13.9. The molecule has 1 aliphatic carbocycles. The van der Waals surface area contributed by atoms with E-state index in [1.165, 1.54) is 23.9 Å². The zero-order valence-corrected chi connectivity index (χ0v) is 19.8. The highest BCUT2D eigenvalue weighted by Gasteiger charge is 2.59. The molecule has 4 aromatic heterocycles. The minimum atomic E-state index is -5.80. The molecule has 0 aliphatic heterocycles. The van der Waals surface area contributed by atoms with Crippen molar-refractivity contribution in [3.05, 3.63) is 41.9 Å². The maximum Gasteiger partial charge on any atom is 0.458 e. The third kappa shape index (κ3) is 3.92. The second kappa shape index (κ2) is 8.05. The molecule has 1 fully saturated rings. The maximum absolute atomic E-state index is 13.9. The molecule has 190 valence electrons. The predicted molar refractivity (Wildman–Crippen MR) is 119 cm³/mol. The van der Waals surface area contributed by atoms with Crippen molar-refractivity contribution in [3.63, 3.8) is 0 Å². The topological polar surface area (TPSA) is 111 Å². The van der Waals surface area contributed by atoms with Gasteiger partial charge in [0.1, 0.15) is 11.2 Å². The molecule has 14 heteroatoms. The van der Waals surface area contributed by atoms with Crippen molar-refractivity contribution in [1.29, 1.82) is 4.78 Å². The summed E-state index contributed by atoms with van der Waals surface area (Å²) < 4.78 is 94.6. The second-order valence-electron chi connectivity index (χ2n) is 8.56. The Morgan fingerprint density at radius 2 is 1.86 bits per heavy atom. The zero-order valence-electron chi connectivity index (χ0n) is 18.9. The van der Waals surface area contributed by atoms with Crippen molar-refractivity contribution in [3.8, 4) is 22.8 Å². The highest BCUT2D eigenvalue weighted by atomic mass is 32.2. The molecule has 0 saturated heterocycles. The van der Waals surface area contributed by atoms with Crippen molar-refractivity contribution < 1.29 is 30.7 Å². The smallest absolute Gasteiger partial charge is 0.356 e. The van der Waals surface area contributed by atoms with Crippen LogP contribution in [0.4, 0.5) is 22.0 Å². The first-order valence-electron chi connectivity index (χ1n) is 10.8. The minimum Gasteiger partial charge on any atom is -0.356 e. The largest absolute Gasteiger partial charge is 0.458 e. The van der Waals surface area contributed by atoms with Crippen molar-refractivity contribution in [2.24, 2.45) is 7.05 Å². The van der Waals surface area contributed by atoms with E-state index in [-0.39, 0.29) is 33.3 Å². The molecule has 1 unspecified atom stereocenters. The lowest BCUT2D eigenvalue weighted by Crippen LogP contribution is -2.33. The number of halogens is 5. The lowest BCUT2D eigenvalue weighted by Gasteiger charge is -2.19. The van der Waals surface area contributed by atoms with Crippen LogP contribution < -0.4 is 0 Å². The van der Waals surface area contributed by atoms with E-state index in [9.17, 15) is 26.2 Å². The summed E-state index contributed by atoms with van der Waals surface area (Å²) in [6, 6.07) is 3.85. The summed E-state index contributed by atoms with van der Waals surface area (Å²) in [6.07, 6.45) is -1.91. The molecule has 8 nitrogen and oxygen atoms in total. The van der Waals surface area contributed by atoms with Gasteiger partial charge in [0.05, 0.1) is 25.9 Å². The molecular weight excluding hydrogens is 507 g/mol. The van der Waals surface area contributed by atoms with Crippen LogP contribution in [0.1, 0.15) is 36.9 Å². The summed E-state index contributed by atoms with van der Waals surface area (Å²) in [6.45, 7) is 1.56. The fraction of sp³-hybridized carbons (Fsp3) is 0.364. The van der Waals surface area contributed by atoms with Crippen LogP contribution in [-0.2, 0) is 22.7 Å². The first kappa shape index (κ1) is 24.3. The average molecular weight is 526 g/mol. The van der Waals surface area contributed by atoms with E-state index in [0.29, 0.717) is 29.5 Å². The van der Waals surface area contributed by atoms with E-state index in [0.717, 1.165) is 18.5 Å². The summed E-state index contributed by atoms with van der Waals surface area (Å²) in [5.41, 5.74) is -0.322. The Balaban J connectivity index is 1.65. The molecule has 0 amide bonds. The standard InChI is InChI=1S/C22H19F5N6O2S/c1-3-36(28,34)17-6-12(16-8-14(32-35-16)11-4-5-11)9-29-18(17)20-31-15-7-13(10-30-19(15)33(20)2)21(23,24)22(25,26)27/h6-11,28H,3-5H2,1-2H3. The van der Waals surface area contributed by atoms with Crippen LogP contribution in [0, 0.1) is 4.78 Å². The molecule has 0 spiro atoms. The van der Waals surface area contributed by atoms with E-state index in [1.807, 2.05) is 0 Å². The fourth-order valence-electron chi connectivity index (χ4n) is 3.77. The summed E-state index contributed by atoms with van der Waals surface area (Å²) >= 11 is 0. The van der Waals surface area contributed by atoms with Gasteiger partial charge in [-0.15, -0.1) is 0 Å². The molecule has 4 heterocycles. The number of alkyl halides is 5. The van der Waals surface area contributed by atoms with Gasteiger partial charge in [0.25, 0.3) is 0 Å². The second-order valence-corrected chi connectivity index (χ2v) is 10.9. The van der Waals surface area contributed by atoms with Crippen molar-refractivity contribution in [1.82, 2.24) is 24.7 Å². The molecule has 0 bridgehead atoms. The number of aromatic nitrogens is 5. The molecule has 1 atom stereocenters. The minimum absolute atomic E-state index is 0.0104. The third-order valence-electron chi connectivity index (χ3n) is 6.06. The van der Waals surface area contributed by atoms with Gasteiger partial charge in [-0.2, -0.15) is 22.0 Å². The van der Waals surface area contributed by atoms with E-state index >= 15 is 0 Å². The van der Waals surface area contributed by atoms with Gasteiger partial charge < -0.3 is 9.09 Å². The van der Waals surface area contributed by atoms with Gasteiger partial charge in [0, 0.05) is 42.7 Å². The van der Waals surface area contributed by atoms with Gasteiger partial charge in [-0.05, 0) is 25.0 Å². The third-order valence-corrected chi connectivity index (χ3v) is 7.90. The Bertz CT molecular complexity index is 1590. The van der Waals surface area contributed by atoms with Gasteiger partial charge in [-0.3, -0.25) is 4.98 Å². The molecule has 1 aliphatic rings. The molecule has 1 saturated carbocycles. The lowest BCUT2D eigenvalue weighted by atomic mass is 10.1. The summed E-state index contributed by atoms with van der Waals surface area (Å²) in [4.78, 5) is 12.3. The van der Waals surface area contributed by atoms with Crippen LogP contribution in [0.5, 0.6) is 0 Å². The van der Waals surface area contributed by atoms with Crippen LogP contribution in [-0.4, -0.2) is 40.8 Å². The normalized spacial score (nSPS) is 16.4. The predicted octanol–water partition coefficient (Wildman–Crippen LogP) is 5.64. The first-order valence-corrected chi connectivity index (χ1v) is 12.6. The number of rotatable bonds is 6. The van der Waals surface area contributed by atoms with Gasteiger partial charge >= 0.3 is 12.1 Å². The van der Waals surface area contributed by atoms with Crippen LogP contribution in [0.25, 0.3) is 34.0 Å². The number of pyridine rings is 2. The first-order chi connectivity index (χ1) is 16.8. The average Bonchev–Trinajstić information content (AvgIpc) is 3.47. The van der Waals surface area contributed by atoms with Gasteiger partial charge in [-0.1, -0.05) is 12.1 Å². The fourth-order valence-corrected chi connectivity index (χ4v) is 4.86. The number of nitrogens with one attached hydrogen (secondary N) is 1. The van der Waals surface area contributed by atoms with Gasteiger partial charge in [0.2, 0.25) is 0 Å². The lowest BCUT2D eigenvalue weighted by molar-refractivity contribution is -0.289. The van der Waals surface area contributed by atoms with Crippen LogP contribution >= 0.6 is 0 Å². The summed E-state index contributed by atoms with van der Waals surface area (Å²) in [5.74, 6) is -4.44. The van der Waals surface area contributed by atoms with E-state index < -0.39 is 27.4 Å². The molecule has 0 aromatic carbocycles. The highest BCUT2D eigenvalue weighted by molar-refractivity contribution is 7.92. The summed E-state index contributed by atoms with van der Waals surface area (Å²) in [5, 5.41) is 4.05. The SMILES string of the molecule is CCS(=N)(=O)c1cc(-c2cc(C3CC3)no2)cnc1-c1nc2cc(C(F)(F)C(F)(F)F)cnc2n1C. The Kier molecular flexibility index (Phi) is 5.43. The van der Waals surface area contributed by atoms with E-state index in [4.69, 9.17) is 9.30 Å². The number of fused-ring (bicyclic) bond motifs is 1. The van der Waals surface area contributed by atoms with Crippen molar-refractivity contribution in [2.75, 3.05) is 5.75 Å². The van der Waals surface area contributed by atoms with Crippen molar-refractivity contribution >= 4 is 20.9 Å². The Labute approximate surface area is 201 Å². The van der Waals surface area contributed by atoms with Gasteiger partial charge in [-0.25, -0.2) is 19.0 Å². The number of nitrogens with zero attached hydrogens (tertiary/aromatic N) is 5. The van der Waals surface area contributed by atoms with Gasteiger partial charge in [0.15, 0.2) is 17.2 Å². The molecule has 4 aromatic rings. The number of hydrogen-bond donors (Lipinski definition) is 1. The molecular formula is C22H19F5N6O2S. The van der Waals surface area contributed by atoms with Crippen LogP contribution in [0.3, 0.4) is 0 Å². The molecule has 36 heavy (non-hydrogen) atoms. The van der Waals surface area contributed by atoms with Crippen molar-refractivity contribution in [2.45, 2.75) is 42.7 Å². The van der Waals surface area contributed by atoms with Crippen LogP contribution in [0.2, 0.25) is 0 Å². The number of aryl methyl sites for hydroxylation is 1. The number of hydrogen-bond acceptors (Lipinski definition) is 7. The monoisotopic (exact) mass is 526 g/mol. The van der Waals surface area contributed by atoms with E-state index in [1.54, 1.807) is 13.0 Å². The molecule has 0 radical (unpaired) electrons. The molecule has 5 rings (SSSR count). The summed E-state index contributed by atoms with van der Waals surface area (Å²) in [7, 11) is -1.91. The Morgan fingerprint density at radius 1 is 1.14 bits per heavy atom. The highest BCUT2D eigenvalue weighted by Crippen LogP contribution is 2.44. The Hall–Kier alpha value is -3.42. The zero-order chi connectivity index (χ0) is 26.0.